The summed E-state index contributed by atoms with van der Waals surface area (Å²) in [5.74, 6) is -0.357. The summed E-state index contributed by atoms with van der Waals surface area (Å²) in [7, 11) is 1.88. The molecule has 0 atom stereocenters. The van der Waals surface area contributed by atoms with Crippen LogP contribution in [0.3, 0.4) is 0 Å². The van der Waals surface area contributed by atoms with Gasteiger partial charge in [-0.05, 0) is 49.7 Å². The van der Waals surface area contributed by atoms with Gasteiger partial charge in [0.05, 0.1) is 11.9 Å². The van der Waals surface area contributed by atoms with Gasteiger partial charge in [-0.1, -0.05) is 37.1 Å². The number of benzene rings is 2. The largest absolute Gasteiger partial charge is 0.419 e. The fourth-order valence-corrected chi connectivity index (χ4v) is 5.04. The normalized spacial score (nSPS) is 13.7. The summed E-state index contributed by atoms with van der Waals surface area (Å²) < 4.78 is 5.45. The van der Waals surface area contributed by atoms with Crippen molar-refractivity contribution < 1.29 is 4.74 Å². The molecule has 0 bridgehead atoms. The highest BCUT2D eigenvalue weighted by Gasteiger charge is 2.18. The Morgan fingerprint density at radius 3 is 2.42 bits per heavy atom. The quantitative estimate of drug-likeness (QED) is 0.295. The van der Waals surface area contributed by atoms with Crippen LogP contribution in [0.2, 0.25) is 0 Å². The molecule has 0 spiro atoms. The minimum atomic E-state index is -0.306. The van der Waals surface area contributed by atoms with Gasteiger partial charge in [0.15, 0.2) is 11.5 Å². The first-order valence-electron chi connectivity index (χ1n) is 11.0. The summed E-state index contributed by atoms with van der Waals surface area (Å²) >= 11 is 1.94. The number of ether oxygens (including phenoxy) is 1. The van der Waals surface area contributed by atoms with Crippen LogP contribution in [0.4, 0.5) is 5.82 Å². The second-order valence-electron chi connectivity index (χ2n) is 8.03. The van der Waals surface area contributed by atoms with E-state index in [1.165, 1.54) is 30.6 Å². The maximum Gasteiger partial charge on any atom is 0.243 e. The van der Waals surface area contributed by atoms with Gasteiger partial charge >= 0.3 is 0 Å². The summed E-state index contributed by atoms with van der Waals surface area (Å²) in [6, 6.07) is 15.6. The Labute approximate surface area is 198 Å². The Balaban J connectivity index is 1.45. The van der Waals surface area contributed by atoms with Crippen LogP contribution in [0.25, 0.3) is 11.3 Å². The summed E-state index contributed by atoms with van der Waals surface area (Å²) in [4.78, 5) is 9.97. The topological polar surface area (TPSA) is 121 Å². The average molecular weight is 461 g/mol. The molecule has 1 fully saturated rings. The van der Waals surface area contributed by atoms with E-state index in [9.17, 15) is 0 Å². The van der Waals surface area contributed by atoms with Crippen LogP contribution in [0.1, 0.15) is 42.5 Å². The molecule has 3 aromatic rings. The van der Waals surface area contributed by atoms with Crippen molar-refractivity contribution in [3.8, 4) is 11.3 Å². The van der Waals surface area contributed by atoms with Gasteiger partial charge in [0.1, 0.15) is 0 Å². The number of rotatable bonds is 7. The van der Waals surface area contributed by atoms with E-state index in [-0.39, 0.29) is 23.3 Å². The molecule has 1 saturated carbocycles. The number of nitrogen functional groups attached to an aromatic ring is 1. The van der Waals surface area contributed by atoms with Crippen molar-refractivity contribution in [1.29, 1.82) is 10.8 Å². The standard InChI is InChI=1S/C25H28N6OS/c1-29-14-16-6-8-18(9-7-16)24(27)32-25(28)22-23(26)30-15-21(31-22)17-10-12-20(13-11-17)33-19-4-2-3-5-19/h6-13,15,19,27-29H,2-5,14H2,1H3,(H2,26,30). The minimum absolute atomic E-state index is 0.0920. The number of hydrogen-bond donors (Lipinski definition) is 4. The van der Waals surface area contributed by atoms with E-state index in [0.717, 1.165) is 17.7 Å². The Morgan fingerprint density at radius 1 is 1.06 bits per heavy atom. The molecule has 0 unspecified atom stereocenters. The van der Waals surface area contributed by atoms with Gasteiger partial charge in [-0.2, -0.15) is 0 Å². The molecule has 0 aliphatic heterocycles. The van der Waals surface area contributed by atoms with Gasteiger partial charge in [-0.15, -0.1) is 11.8 Å². The zero-order valence-corrected chi connectivity index (χ0v) is 19.4. The van der Waals surface area contributed by atoms with Gasteiger partial charge in [0.2, 0.25) is 11.8 Å². The molecule has 1 aliphatic rings. The van der Waals surface area contributed by atoms with Gasteiger partial charge in [0, 0.05) is 27.8 Å². The number of aromatic nitrogens is 2. The van der Waals surface area contributed by atoms with E-state index in [1.807, 2.05) is 43.1 Å². The van der Waals surface area contributed by atoms with Gasteiger partial charge < -0.3 is 15.8 Å². The molecule has 7 nitrogen and oxygen atoms in total. The van der Waals surface area contributed by atoms with Gasteiger partial charge in [-0.3, -0.25) is 10.8 Å². The van der Waals surface area contributed by atoms with Crippen molar-refractivity contribution in [2.24, 2.45) is 0 Å². The molecule has 5 N–H and O–H groups in total. The Bertz CT molecular complexity index is 1120. The lowest BCUT2D eigenvalue weighted by molar-refractivity contribution is 0.536. The van der Waals surface area contributed by atoms with Crippen LogP contribution >= 0.6 is 11.8 Å². The first kappa shape index (κ1) is 22.9. The van der Waals surface area contributed by atoms with Gasteiger partial charge in [-0.25, -0.2) is 9.97 Å². The molecule has 1 aromatic heterocycles. The summed E-state index contributed by atoms with van der Waals surface area (Å²) in [5.41, 5.74) is 9.26. The van der Waals surface area contributed by atoms with Crippen LogP contribution in [-0.4, -0.2) is 34.1 Å². The average Bonchev–Trinajstić information content (AvgIpc) is 3.33. The summed E-state index contributed by atoms with van der Waals surface area (Å²) in [5, 5.41) is 20.3. The van der Waals surface area contributed by atoms with Crippen LogP contribution in [0, 0.1) is 10.8 Å². The second kappa shape index (κ2) is 10.6. The van der Waals surface area contributed by atoms with Gasteiger partial charge in [0.25, 0.3) is 0 Å². The van der Waals surface area contributed by atoms with E-state index >= 15 is 0 Å². The van der Waals surface area contributed by atoms with Crippen LogP contribution in [0.15, 0.2) is 59.6 Å². The fraction of sp³-hybridized carbons (Fsp3) is 0.280. The predicted molar refractivity (Wildman–Crippen MR) is 134 cm³/mol. The second-order valence-corrected chi connectivity index (χ2v) is 9.40. The molecule has 2 aromatic carbocycles. The van der Waals surface area contributed by atoms with E-state index in [1.54, 1.807) is 18.3 Å². The highest BCUT2D eigenvalue weighted by molar-refractivity contribution is 8.00. The number of anilines is 1. The van der Waals surface area contributed by atoms with Crippen LogP contribution < -0.4 is 11.1 Å². The molecule has 1 heterocycles. The van der Waals surface area contributed by atoms with Crippen molar-refractivity contribution in [3.63, 3.8) is 0 Å². The molecular weight excluding hydrogens is 432 g/mol. The third kappa shape index (κ3) is 5.77. The van der Waals surface area contributed by atoms with Crippen LogP contribution in [0.5, 0.6) is 0 Å². The van der Waals surface area contributed by atoms with E-state index in [4.69, 9.17) is 21.3 Å². The Hall–Kier alpha value is -3.23. The summed E-state index contributed by atoms with van der Waals surface area (Å²) in [6.07, 6.45) is 6.82. The Kier molecular flexibility index (Phi) is 7.36. The minimum Gasteiger partial charge on any atom is -0.419 e. The lowest BCUT2D eigenvalue weighted by Crippen LogP contribution is -2.17. The van der Waals surface area contributed by atoms with E-state index < -0.39 is 0 Å². The maximum atomic E-state index is 8.32. The molecule has 170 valence electrons. The molecule has 0 saturated heterocycles. The smallest absolute Gasteiger partial charge is 0.243 e. The van der Waals surface area contributed by atoms with Crippen molar-refractivity contribution in [2.75, 3.05) is 12.8 Å². The van der Waals surface area contributed by atoms with Crippen LogP contribution in [-0.2, 0) is 11.3 Å². The monoisotopic (exact) mass is 460 g/mol. The SMILES string of the molecule is CNCc1ccc(C(=N)OC(=N)c2nc(-c3ccc(SC4CCCC4)cc3)cnc2N)cc1. The predicted octanol–water partition coefficient (Wildman–Crippen LogP) is 4.85. The van der Waals surface area contributed by atoms with Crippen molar-refractivity contribution in [2.45, 2.75) is 42.4 Å². The number of nitrogens with zero attached hydrogens (tertiary/aromatic N) is 2. The summed E-state index contributed by atoms with van der Waals surface area (Å²) in [6.45, 7) is 0.740. The molecule has 33 heavy (non-hydrogen) atoms. The highest BCUT2D eigenvalue weighted by atomic mass is 32.2. The molecule has 8 heteroatoms. The first-order valence-corrected chi connectivity index (χ1v) is 11.9. The first-order chi connectivity index (χ1) is 16.0. The van der Waals surface area contributed by atoms with Crippen molar-refractivity contribution in [3.05, 3.63) is 71.5 Å². The van der Waals surface area contributed by atoms with E-state index in [2.05, 4.69) is 27.4 Å². The maximum absolute atomic E-state index is 8.32. The number of nitrogens with two attached hydrogens (primary N) is 1. The zero-order valence-electron chi connectivity index (χ0n) is 18.6. The highest BCUT2D eigenvalue weighted by Crippen LogP contribution is 2.35. The molecule has 4 rings (SSSR count). The lowest BCUT2D eigenvalue weighted by atomic mass is 10.1. The third-order valence-corrected chi connectivity index (χ3v) is 6.92. The fourth-order valence-electron chi connectivity index (χ4n) is 3.79. The zero-order chi connectivity index (χ0) is 23.2. The third-order valence-electron chi connectivity index (χ3n) is 5.57. The molecule has 1 aliphatic carbocycles. The molecular formula is C25H28N6OS. The lowest BCUT2D eigenvalue weighted by Gasteiger charge is -2.12. The Morgan fingerprint density at radius 2 is 1.76 bits per heavy atom. The van der Waals surface area contributed by atoms with E-state index in [0.29, 0.717) is 16.5 Å². The molecule has 0 amide bonds. The molecule has 0 radical (unpaired) electrons. The number of thioether (sulfide) groups is 1. The van der Waals surface area contributed by atoms with Crippen molar-refractivity contribution >= 4 is 29.4 Å². The number of hydrogen-bond acceptors (Lipinski definition) is 8. The number of nitrogens with one attached hydrogen (secondary N) is 3. The van der Waals surface area contributed by atoms with Crippen molar-refractivity contribution in [1.82, 2.24) is 15.3 Å².